The Kier molecular flexibility index (Phi) is 5.99. The van der Waals surface area contributed by atoms with Crippen molar-refractivity contribution in [3.8, 4) is 5.75 Å². The molecular formula is C22H20ClNO3. The molecule has 0 amide bonds. The van der Waals surface area contributed by atoms with E-state index in [1.54, 1.807) is 24.3 Å². The number of para-hydroxylation sites is 1. The predicted octanol–water partition coefficient (Wildman–Crippen LogP) is 5.54. The second-order valence-corrected chi connectivity index (χ2v) is 6.65. The summed E-state index contributed by atoms with van der Waals surface area (Å²) in [4.78, 5) is 10.9. The molecule has 0 atom stereocenters. The molecule has 3 aromatic carbocycles. The lowest BCUT2D eigenvalue weighted by Gasteiger charge is -2.14. The van der Waals surface area contributed by atoms with E-state index < -0.39 is 5.97 Å². The quantitative estimate of drug-likeness (QED) is 0.564. The van der Waals surface area contributed by atoms with Gasteiger partial charge in [0.25, 0.3) is 0 Å². The number of carboxylic acids is 1. The standard InChI is InChI=1S/C22H20ClNO3/c1-15-6-11-19(23)12-20(15)24-13-18-4-2-3-5-21(18)27-14-16-7-9-17(10-8-16)22(25)26/h2-12,24H,13-14H2,1H3,(H,25,26). The zero-order valence-corrected chi connectivity index (χ0v) is 15.7. The van der Waals surface area contributed by atoms with Crippen molar-refractivity contribution >= 4 is 23.3 Å². The number of aryl methyl sites for hydroxylation is 1. The highest BCUT2D eigenvalue weighted by Gasteiger charge is 2.06. The van der Waals surface area contributed by atoms with Gasteiger partial charge in [-0.1, -0.05) is 48.0 Å². The smallest absolute Gasteiger partial charge is 0.335 e. The fourth-order valence-electron chi connectivity index (χ4n) is 2.67. The molecule has 0 aliphatic heterocycles. The van der Waals surface area contributed by atoms with Crippen molar-refractivity contribution in [3.63, 3.8) is 0 Å². The van der Waals surface area contributed by atoms with Crippen LogP contribution in [0.3, 0.4) is 0 Å². The number of carboxylic acid groups (broad SMARTS) is 1. The SMILES string of the molecule is Cc1ccc(Cl)cc1NCc1ccccc1OCc1ccc(C(=O)O)cc1. The summed E-state index contributed by atoms with van der Waals surface area (Å²) in [6.07, 6.45) is 0. The molecule has 0 saturated heterocycles. The number of halogens is 1. The normalized spacial score (nSPS) is 10.4. The van der Waals surface area contributed by atoms with E-state index >= 15 is 0 Å². The summed E-state index contributed by atoms with van der Waals surface area (Å²) in [6, 6.07) is 20.3. The van der Waals surface area contributed by atoms with Gasteiger partial charge in [0.2, 0.25) is 0 Å². The van der Waals surface area contributed by atoms with Gasteiger partial charge in [-0.3, -0.25) is 0 Å². The third-order valence-electron chi connectivity index (χ3n) is 4.24. The topological polar surface area (TPSA) is 58.6 Å². The Balaban J connectivity index is 1.66. The third kappa shape index (κ3) is 5.02. The van der Waals surface area contributed by atoms with Crippen LogP contribution >= 0.6 is 11.6 Å². The van der Waals surface area contributed by atoms with E-state index in [1.807, 2.05) is 49.4 Å². The lowest BCUT2D eigenvalue weighted by molar-refractivity contribution is 0.0697. The molecule has 5 heteroatoms. The van der Waals surface area contributed by atoms with Gasteiger partial charge in [-0.15, -0.1) is 0 Å². The molecular weight excluding hydrogens is 362 g/mol. The van der Waals surface area contributed by atoms with Crippen LogP contribution < -0.4 is 10.1 Å². The van der Waals surface area contributed by atoms with Crippen LogP contribution in [0.1, 0.15) is 27.0 Å². The zero-order valence-electron chi connectivity index (χ0n) is 14.9. The van der Waals surface area contributed by atoms with Crippen molar-refractivity contribution in [2.24, 2.45) is 0 Å². The molecule has 3 aromatic rings. The highest BCUT2D eigenvalue weighted by Crippen LogP contribution is 2.24. The molecule has 0 aromatic heterocycles. The van der Waals surface area contributed by atoms with E-state index in [1.165, 1.54) is 0 Å². The number of hydrogen-bond acceptors (Lipinski definition) is 3. The van der Waals surface area contributed by atoms with E-state index in [0.29, 0.717) is 18.2 Å². The lowest BCUT2D eigenvalue weighted by atomic mass is 10.1. The number of hydrogen-bond donors (Lipinski definition) is 2. The van der Waals surface area contributed by atoms with Crippen LogP contribution in [-0.4, -0.2) is 11.1 Å². The number of rotatable bonds is 7. The van der Waals surface area contributed by atoms with Gasteiger partial charge >= 0.3 is 5.97 Å². The Labute approximate surface area is 163 Å². The van der Waals surface area contributed by atoms with Gasteiger partial charge in [-0.25, -0.2) is 4.79 Å². The fourth-order valence-corrected chi connectivity index (χ4v) is 2.84. The second kappa shape index (κ2) is 8.60. The molecule has 0 aliphatic rings. The minimum Gasteiger partial charge on any atom is -0.489 e. The maximum atomic E-state index is 10.9. The van der Waals surface area contributed by atoms with Gasteiger partial charge in [0.15, 0.2) is 0 Å². The number of nitrogens with one attached hydrogen (secondary N) is 1. The average Bonchev–Trinajstić information content (AvgIpc) is 2.68. The molecule has 0 spiro atoms. The molecule has 4 nitrogen and oxygen atoms in total. The summed E-state index contributed by atoms with van der Waals surface area (Å²) >= 11 is 6.08. The van der Waals surface area contributed by atoms with E-state index in [2.05, 4.69) is 5.32 Å². The highest BCUT2D eigenvalue weighted by atomic mass is 35.5. The summed E-state index contributed by atoms with van der Waals surface area (Å²) in [5, 5.41) is 13.1. The molecule has 3 rings (SSSR count). The van der Waals surface area contributed by atoms with Crippen molar-refractivity contribution in [1.82, 2.24) is 0 Å². The first-order valence-corrected chi connectivity index (χ1v) is 8.93. The molecule has 27 heavy (non-hydrogen) atoms. The molecule has 0 aliphatic carbocycles. The van der Waals surface area contributed by atoms with Crippen LogP contribution in [-0.2, 0) is 13.2 Å². The molecule has 0 saturated carbocycles. The number of benzene rings is 3. The molecule has 138 valence electrons. The minimum atomic E-state index is -0.935. The molecule has 2 N–H and O–H groups in total. The zero-order chi connectivity index (χ0) is 19.2. The van der Waals surface area contributed by atoms with E-state index in [0.717, 1.165) is 28.1 Å². The van der Waals surface area contributed by atoms with E-state index in [-0.39, 0.29) is 5.56 Å². The molecule has 0 heterocycles. The Bertz CT molecular complexity index is 939. The van der Waals surface area contributed by atoms with Crippen molar-refractivity contribution in [1.29, 1.82) is 0 Å². The molecule has 0 fully saturated rings. The number of anilines is 1. The summed E-state index contributed by atoms with van der Waals surface area (Å²) < 4.78 is 5.95. The average molecular weight is 382 g/mol. The lowest BCUT2D eigenvalue weighted by Crippen LogP contribution is -2.05. The number of aromatic carboxylic acids is 1. The maximum Gasteiger partial charge on any atom is 0.335 e. The first-order valence-electron chi connectivity index (χ1n) is 8.56. The third-order valence-corrected chi connectivity index (χ3v) is 4.47. The van der Waals surface area contributed by atoms with Gasteiger partial charge < -0.3 is 15.2 Å². The summed E-state index contributed by atoms with van der Waals surface area (Å²) in [5.41, 5.74) is 4.31. The largest absolute Gasteiger partial charge is 0.489 e. The van der Waals surface area contributed by atoms with Crippen molar-refractivity contribution in [2.45, 2.75) is 20.1 Å². The van der Waals surface area contributed by atoms with Crippen molar-refractivity contribution in [3.05, 3.63) is 94.0 Å². The molecule has 0 radical (unpaired) electrons. The monoisotopic (exact) mass is 381 g/mol. The van der Waals surface area contributed by atoms with Crippen LogP contribution in [0.25, 0.3) is 0 Å². The van der Waals surface area contributed by atoms with Gasteiger partial charge in [-0.2, -0.15) is 0 Å². The summed E-state index contributed by atoms with van der Waals surface area (Å²) in [7, 11) is 0. The molecule has 0 unspecified atom stereocenters. The second-order valence-electron chi connectivity index (χ2n) is 6.21. The Morgan fingerprint density at radius 2 is 1.81 bits per heavy atom. The first kappa shape index (κ1) is 18.8. The number of ether oxygens (including phenoxy) is 1. The molecule has 0 bridgehead atoms. The van der Waals surface area contributed by atoms with Crippen LogP contribution in [0.5, 0.6) is 5.75 Å². The van der Waals surface area contributed by atoms with E-state index in [9.17, 15) is 4.79 Å². The first-order chi connectivity index (χ1) is 13.0. The Hall–Kier alpha value is -2.98. The van der Waals surface area contributed by atoms with Crippen LogP contribution in [0, 0.1) is 6.92 Å². The number of carbonyl (C=O) groups is 1. The maximum absolute atomic E-state index is 10.9. The van der Waals surface area contributed by atoms with Gasteiger partial charge in [0, 0.05) is 22.8 Å². The Morgan fingerprint density at radius 3 is 2.56 bits per heavy atom. The van der Waals surface area contributed by atoms with Crippen LogP contribution in [0.15, 0.2) is 66.7 Å². The van der Waals surface area contributed by atoms with Gasteiger partial charge in [0.1, 0.15) is 12.4 Å². The van der Waals surface area contributed by atoms with Crippen molar-refractivity contribution < 1.29 is 14.6 Å². The minimum absolute atomic E-state index is 0.264. The fraction of sp³-hybridized carbons (Fsp3) is 0.136. The Morgan fingerprint density at radius 1 is 1.07 bits per heavy atom. The predicted molar refractivity (Wildman–Crippen MR) is 108 cm³/mol. The highest BCUT2D eigenvalue weighted by molar-refractivity contribution is 6.30. The van der Waals surface area contributed by atoms with Crippen LogP contribution in [0.2, 0.25) is 5.02 Å². The van der Waals surface area contributed by atoms with Crippen molar-refractivity contribution in [2.75, 3.05) is 5.32 Å². The van der Waals surface area contributed by atoms with E-state index in [4.69, 9.17) is 21.4 Å². The van der Waals surface area contributed by atoms with Crippen LogP contribution in [0.4, 0.5) is 5.69 Å². The summed E-state index contributed by atoms with van der Waals surface area (Å²) in [6.45, 7) is 3.00. The van der Waals surface area contributed by atoms with Gasteiger partial charge in [-0.05, 0) is 48.4 Å². The van der Waals surface area contributed by atoms with Gasteiger partial charge in [0.05, 0.1) is 5.56 Å². The summed E-state index contributed by atoms with van der Waals surface area (Å²) in [5.74, 6) is -0.151.